The zero-order chi connectivity index (χ0) is 14.4. The van der Waals surface area contributed by atoms with Crippen LogP contribution in [0.25, 0.3) is 0 Å². The van der Waals surface area contributed by atoms with Gasteiger partial charge in [0.2, 0.25) is 0 Å². The van der Waals surface area contributed by atoms with Crippen molar-refractivity contribution < 1.29 is 0 Å². The highest BCUT2D eigenvalue weighted by Crippen LogP contribution is 2.47. The quantitative estimate of drug-likeness (QED) is 0.911. The first kappa shape index (κ1) is 13.6. The molecule has 2 aliphatic rings. The summed E-state index contributed by atoms with van der Waals surface area (Å²) in [5.74, 6) is 1.79. The third-order valence-corrected chi connectivity index (χ3v) is 5.58. The molecule has 0 unspecified atom stereocenters. The molecule has 4 rings (SSSR count). The summed E-state index contributed by atoms with van der Waals surface area (Å²) < 4.78 is 2.34. The van der Waals surface area contributed by atoms with Gasteiger partial charge in [-0.2, -0.15) is 0 Å². The molecule has 2 aromatic rings. The fraction of sp³-hybridized carbons (Fsp3) is 0.467. The molecule has 0 aliphatic heterocycles. The van der Waals surface area contributed by atoms with Gasteiger partial charge in [0.25, 0.3) is 0 Å². The van der Waals surface area contributed by atoms with Gasteiger partial charge in [0.05, 0.1) is 5.02 Å². The molecular weight excluding hydrogens is 304 g/mol. The Morgan fingerprint density at radius 2 is 2.05 bits per heavy atom. The van der Waals surface area contributed by atoms with E-state index in [4.69, 9.17) is 17.3 Å². The number of nitrogens with zero attached hydrogens (tertiary/aromatic N) is 3. The van der Waals surface area contributed by atoms with Gasteiger partial charge in [-0.3, -0.25) is 0 Å². The van der Waals surface area contributed by atoms with Crippen LogP contribution in [-0.4, -0.2) is 14.8 Å². The molecule has 0 amide bonds. The minimum Gasteiger partial charge on any atom is -0.326 e. The maximum atomic E-state index is 6.35. The lowest BCUT2D eigenvalue weighted by molar-refractivity contribution is 0.627. The molecule has 110 valence electrons. The maximum absolute atomic E-state index is 6.35. The molecule has 0 spiro atoms. The van der Waals surface area contributed by atoms with E-state index in [1.165, 1.54) is 31.5 Å². The van der Waals surface area contributed by atoms with Crippen LogP contribution in [0, 0.1) is 0 Å². The second-order valence-electron chi connectivity index (χ2n) is 5.75. The summed E-state index contributed by atoms with van der Waals surface area (Å²) >= 11 is 7.96. The Morgan fingerprint density at radius 1 is 1.24 bits per heavy atom. The van der Waals surface area contributed by atoms with E-state index in [0.717, 1.165) is 20.6 Å². The Morgan fingerprint density at radius 3 is 2.71 bits per heavy atom. The van der Waals surface area contributed by atoms with Crippen LogP contribution in [-0.2, 0) is 6.54 Å². The van der Waals surface area contributed by atoms with Gasteiger partial charge < -0.3 is 10.3 Å². The second-order valence-corrected chi connectivity index (χ2v) is 7.14. The number of halogens is 1. The summed E-state index contributed by atoms with van der Waals surface area (Å²) in [6.45, 7) is 0.482. The summed E-state index contributed by atoms with van der Waals surface area (Å²) in [7, 11) is 0. The molecule has 0 saturated heterocycles. The van der Waals surface area contributed by atoms with E-state index in [-0.39, 0.29) is 0 Å². The number of nitrogens with two attached hydrogens (primary N) is 1. The predicted octanol–water partition coefficient (Wildman–Crippen LogP) is 3.75. The highest BCUT2D eigenvalue weighted by atomic mass is 35.5. The van der Waals surface area contributed by atoms with Crippen LogP contribution in [0.3, 0.4) is 0 Å². The van der Waals surface area contributed by atoms with Crippen molar-refractivity contribution in [2.45, 2.75) is 54.2 Å². The molecule has 0 radical (unpaired) electrons. The molecule has 2 fully saturated rings. The van der Waals surface area contributed by atoms with Gasteiger partial charge in [0.15, 0.2) is 5.16 Å². The second kappa shape index (κ2) is 5.30. The van der Waals surface area contributed by atoms with Crippen molar-refractivity contribution >= 4 is 23.4 Å². The number of benzene rings is 1. The van der Waals surface area contributed by atoms with Crippen molar-refractivity contribution in [3.8, 4) is 0 Å². The van der Waals surface area contributed by atoms with Crippen molar-refractivity contribution in [2.75, 3.05) is 0 Å². The topological polar surface area (TPSA) is 56.7 Å². The highest BCUT2D eigenvalue weighted by Gasteiger charge is 2.36. The van der Waals surface area contributed by atoms with Crippen LogP contribution in [0.15, 0.2) is 28.3 Å². The van der Waals surface area contributed by atoms with E-state index in [2.05, 4.69) is 14.8 Å². The fourth-order valence-electron chi connectivity index (χ4n) is 2.57. The highest BCUT2D eigenvalue weighted by molar-refractivity contribution is 7.99. The lowest BCUT2D eigenvalue weighted by atomic mass is 10.2. The summed E-state index contributed by atoms with van der Waals surface area (Å²) in [5, 5.41) is 10.6. The minimum atomic E-state index is 0.482. The van der Waals surface area contributed by atoms with Crippen molar-refractivity contribution in [1.82, 2.24) is 14.8 Å². The van der Waals surface area contributed by atoms with Gasteiger partial charge >= 0.3 is 0 Å². The van der Waals surface area contributed by atoms with Crippen LogP contribution in [0.4, 0.5) is 0 Å². The van der Waals surface area contributed by atoms with Crippen LogP contribution in [0.5, 0.6) is 0 Å². The van der Waals surface area contributed by atoms with Gasteiger partial charge in [-0.1, -0.05) is 23.7 Å². The Bertz CT molecular complexity index is 676. The lowest BCUT2D eigenvalue weighted by Gasteiger charge is -2.11. The van der Waals surface area contributed by atoms with Crippen molar-refractivity contribution in [1.29, 1.82) is 0 Å². The molecule has 2 aliphatic carbocycles. The van der Waals surface area contributed by atoms with E-state index in [1.54, 1.807) is 11.8 Å². The van der Waals surface area contributed by atoms with Crippen molar-refractivity contribution in [3.63, 3.8) is 0 Å². The first-order valence-electron chi connectivity index (χ1n) is 7.38. The molecule has 0 atom stereocenters. The van der Waals surface area contributed by atoms with E-state index >= 15 is 0 Å². The summed E-state index contributed by atoms with van der Waals surface area (Å²) in [6.07, 6.45) is 4.96. The number of hydrogen-bond acceptors (Lipinski definition) is 4. The first-order chi connectivity index (χ1) is 10.3. The number of rotatable bonds is 5. The van der Waals surface area contributed by atoms with Gasteiger partial charge in [0.1, 0.15) is 5.82 Å². The van der Waals surface area contributed by atoms with Gasteiger partial charge in [-0.05, 0) is 49.1 Å². The van der Waals surface area contributed by atoms with Gasteiger partial charge in [0, 0.05) is 23.4 Å². The van der Waals surface area contributed by atoms with Crippen molar-refractivity contribution in [3.05, 3.63) is 34.6 Å². The Hall–Kier alpha value is -1.04. The molecule has 1 aromatic heterocycles. The molecular formula is C15H17ClN4S. The smallest absolute Gasteiger partial charge is 0.196 e. The van der Waals surface area contributed by atoms with Crippen LogP contribution >= 0.6 is 23.4 Å². The van der Waals surface area contributed by atoms with Crippen molar-refractivity contribution in [2.24, 2.45) is 5.73 Å². The number of hydrogen-bond donors (Lipinski definition) is 1. The summed E-state index contributed by atoms with van der Waals surface area (Å²) in [4.78, 5) is 1.01. The Kier molecular flexibility index (Phi) is 3.44. The maximum Gasteiger partial charge on any atom is 0.196 e. The van der Waals surface area contributed by atoms with Crippen LogP contribution in [0.1, 0.15) is 49.0 Å². The molecule has 6 heteroatoms. The third-order valence-electron chi connectivity index (χ3n) is 4.01. The predicted molar refractivity (Wildman–Crippen MR) is 83.7 cm³/mol. The molecule has 21 heavy (non-hydrogen) atoms. The number of aromatic nitrogens is 3. The summed E-state index contributed by atoms with van der Waals surface area (Å²) in [5.41, 5.74) is 6.89. The first-order valence-corrected chi connectivity index (χ1v) is 8.57. The van der Waals surface area contributed by atoms with Crippen LogP contribution < -0.4 is 5.73 Å². The molecule has 2 saturated carbocycles. The average molecular weight is 321 g/mol. The fourth-order valence-corrected chi connectivity index (χ4v) is 3.94. The van der Waals surface area contributed by atoms with E-state index in [1.807, 2.05) is 18.2 Å². The van der Waals surface area contributed by atoms with E-state index in [9.17, 15) is 0 Å². The standard InChI is InChI=1S/C15H17ClN4S/c16-12-3-1-2-10(8-17)13(12)21-15-19-18-14(9-4-5-9)20(15)11-6-7-11/h1-3,9,11H,4-8,17H2. The zero-order valence-electron chi connectivity index (χ0n) is 11.6. The normalized spacial score (nSPS) is 18.2. The van der Waals surface area contributed by atoms with Gasteiger partial charge in [-0.15, -0.1) is 10.2 Å². The lowest BCUT2D eigenvalue weighted by Crippen LogP contribution is -2.03. The SMILES string of the molecule is NCc1cccc(Cl)c1Sc1nnc(C2CC2)n1C1CC1. The third kappa shape index (κ3) is 2.58. The molecule has 4 nitrogen and oxygen atoms in total. The van der Waals surface area contributed by atoms with Gasteiger partial charge in [-0.25, -0.2) is 0 Å². The summed E-state index contributed by atoms with van der Waals surface area (Å²) in [6, 6.07) is 6.45. The molecule has 1 aromatic carbocycles. The molecule has 1 heterocycles. The molecule has 2 N–H and O–H groups in total. The monoisotopic (exact) mass is 320 g/mol. The van der Waals surface area contributed by atoms with E-state index in [0.29, 0.717) is 18.5 Å². The Labute approximate surface area is 133 Å². The van der Waals surface area contributed by atoms with E-state index < -0.39 is 0 Å². The van der Waals surface area contributed by atoms with Crippen LogP contribution in [0.2, 0.25) is 5.02 Å². The average Bonchev–Trinajstić information content (AvgIpc) is 3.40. The Balaban J connectivity index is 1.71. The minimum absolute atomic E-state index is 0.482. The largest absolute Gasteiger partial charge is 0.326 e. The zero-order valence-corrected chi connectivity index (χ0v) is 13.2. The molecule has 0 bridgehead atoms.